The van der Waals surface area contributed by atoms with E-state index in [2.05, 4.69) is 48.6 Å². The van der Waals surface area contributed by atoms with Crippen molar-refractivity contribution in [2.75, 3.05) is 13.2 Å². The predicted octanol–water partition coefficient (Wildman–Crippen LogP) is 17.0. The van der Waals surface area contributed by atoms with Gasteiger partial charge < -0.3 is 9.47 Å². The van der Waals surface area contributed by atoms with E-state index in [1.54, 1.807) is 0 Å². The number of ether oxygens (including phenoxy) is 2. The van der Waals surface area contributed by atoms with Gasteiger partial charge >= 0.3 is 0 Å². The number of nitrogens with zero attached hydrogens (tertiary/aromatic N) is 2. The lowest BCUT2D eigenvalue weighted by Gasteiger charge is -2.20. The van der Waals surface area contributed by atoms with Gasteiger partial charge in [-0.15, -0.1) is 0 Å². The first-order valence-corrected chi connectivity index (χ1v) is 24.5. The molecule has 53 heavy (non-hydrogen) atoms. The standard InChI is InChI=1S/C48H88N2O2S/c1-5-9-13-17-21-23-27-31-34-43(33-29-25-19-15-11-7-3)39-41-51-46-38-37-45-47(50-53-49-45)48(46)52-42-40-44(35-30-26-20-16-12-8-4)36-32-28-24-22-18-14-10-6-2/h37-38,43-44H,5-36,39-42H2,1-4H3. The number of aromatic nitrogens is 2. The van der Waals surface area contributed by atoms with E-state index >= 15 is 0 Å². The maximum absolute atomic E-state index is 6.66. The smallest absolute Gasteiger partial charge is 0.190 e. The lowest BCUT2D eigenvalue weighted by atomic mass is 9.91. The zero-order chi connectivity index (χ0) is 37.9. The van der Waals surface area contributed by atoms with Crippen molar-refractivity contribution in [1.29, 1.82) is 0 Å². The highest BCUT2D eigenvalue weighted by Gasteiger charge is 2.17. The van der Waals surface area contributed by atoms with Crippen LogP contribution in [0.5, 0.6) is 11.5 Å². The van der Waals surface area contributed by atoms with E-state index in [1.165, 1.54) is 217 Å². The van der Waals surface area contributed by atoms with Crippen LogP contribution in [-0.2, 0) is 0 Å². The molecule has 4 nitrogen and oxygen atoms in total. The highest BCUT2D eigenvalue weighted by molar-refractivity contribution is 7.00. The summed E-state index contributed by atoms with van der Waals surface area (Å²) in [7, 11) is 0. The van der Waals surface area contributed by atoms with E-state index in [-0.39, 0.29) is 0 Å². The van der Waals surface area contributed by atoms with Gasteiger partial charge in [-0.3, -0.25) is 0 Å². The Kier molecular flexibility index (Phi) is 31.6. The third kappa shape index (κ3) is 24.7. The van der Waals surface area contributed by atoms with Crippen molar-refractivity contribution in [2.45, 2.75) is 246 Å². The molecule has 0 saturated carbocycles. The van der Waals surface area contributed by atoms with Gasteiger partial charge in [-0.05, 0) is 36.8 Å². The Hall–Kier alpha value is -1.36. The average Bonchev–Trinajstić information content (AvgIpc) is 3.66. The number of hydrogen-bond donors (Lipinski definition) is 0. The van der Waals surface area contributed by atoms with Gasteiger partial charge in [0.1, 0.15) is 5.52 Å². The topological polar surface area (TPSA) is 44.2 Å². The summed E-state index contributed by atoms with van der Waals surface area (Å²) in [5.41, 5.74) is 1.81. The Balaban J connectivity index is 1.91. The first-order chi connectivity index (χ1) is 26.2. The van der Waals surface area contributed by atoms with E-state index < -0.39 is 0 Å². The fourth-order valence-corrected chi connectivity index (χ4v) is 8.69. The van der Waals surface area contributed by atoms with Gasteiger partial charge in [0.25, 0.3) is 0 Å². The van der Waals surface area contributed by atoms with Crippen LogP contribution >= 0.6 is 11.7 Å². The average molecular weight is 757 g/mol. The number of hydrogen-bond acceptors (Lipinski definition) is 5. The van der Waals surface area contributed by atoms with Crippen molar-refractivity contribution < 1.29 is 9.47 Å². The molecule has 0 radical (unpaired) electrons. The summed E-state index contributed by atoms with van der Waals surface area (Å²) < 4.78 is 22.5. The van der Waals surface area contributed by atoms with Crippen LogP contribution in [0.1, 0.15) is 246 Å². The molecule has 1 heterocycles. The monoisotopic (exact) mass is 757 g/mol. The van der Waals surface area contributed by atoms with Crippen molar-refractivity contribution >= 4 is 22.8 Å². The quantitative estimate of drug-likeness (QED) is 0.0635. The van der Waals surface area contributed by atoms with Crippen LogP contribution in [0.15, 0.2) is 12.1 Å². The number of rotatable bonds is 40. The van der Waals surface area contributed by atoms with Crippen LogP contribution in [0.3, 0.4) is 0 Å². The molecule has 2 rings (SSSR count). The van der Waals surface area contributed by atoms with Crippen molar-refractivity contribution in [2.24, 2.45) is 11.8 Å². The molecule has 0 spiro atoms. The lowest BCUT2D eigenvalue weighted by molar-refractivity contribution is 0.227. The molecular formula is C48H88N2O2S. The highest BCUT2D eigenvalue weighted by atomic mass is 32.1. The minimum atomic E-state index is 0.740. The fraction of sp³-hybridized carbons (Fsp3) is 0.875. The van der Waals surface area contributed by atoms with Gasteiger partial charge in [0.15, 0.2) is 17.0 Å². The van der Waals surface area contributed by atoms with E-state index in [0.717, 1.165) is 60.4 Å². The van der Waals surface area contributed by atoms with Crippen LogP contribution in [0.2, 0.25) is 0 Å². The zero-order valence-corrected chi connectivity index (χ0v) is 36.7. The Morgan fingerprint density at radius 2 is 0.774 bits per heavy atom. The summed E-state index contributed by atoms with van der Waals surface area (Å²) in [6, 6.07) is 4.16. The zero-order valence-electron chi connectivity index (χ0n) is 35.9. The third-order valence-corrected chi connectivity index (χ3v) is 12.3. The molecule has 0 aliphatic heterocycles. The Morgan fingerprint density at radius 3 is 1.17 bits per heavy atom. The van der Waals surface area contributed by atoms with E-state index in [1.807, 2.05) is 0 Å². The minimum absolute atomic E-state index is 0.740. The molecule has 5 heteroatoms. The summed E-state index contributed by atoms with van der Waals surface area (Å²) in [5, 5.41) is 0. The molecule has 0 saturated heterocycles. The molecule has 1 aromatic carbocycles. The summed E-state index contributed by atoms with van der Waals surface area (Å²) in [4.78, 5) is 0. The fourth-order valence-electron chi connectivity index (χ4n) is 8.15. The molecule has 0 N–H and O–H groups in total. The van der Waals surface area contributed by atoms with Crippen LogP contribution in [0, 0.1) is 11.8 Å². The molecule has 0 aliphatic carbocycles. The molecule has 0 bridgehead atoms. The normalized spacial score (nSPS) is 12.8. The highest BCUT2D eigenvalue weighted by Crippen LogP contribution is 2.36. The first-order valence-electron chi connectivity index (χ1n) is 23.7. The molecule has 1 aromatic heterocycles. The van der Waals surface area contributed by atoms with Crippen LogP contribution in [-0.4, -0.2) is 22.0 Å². The Labute approximate surface area is 334 Å². The largest absolute Gasteiger partial charge is 0.490 e. The maximum Gasteiger partial charge on any atom is 0.190 e. The minimum Gasteiger partial charge on any atom is -0.490 e. The van der Waals surface area contributed by atoms with E-state index in [0.29, 0.717) is 0 Å². The number of fused-ring (bicyclic) bond motifs is 1. The van der Waals surface area contributed by atoms with Gasteiger partial charge in [-0.25, -0.2) is 0 Å². The summed E-state index contributed by atoms with van der Waals surface area (Å²) in [6.07, 6.45) is 46.5. The lowest BCUT2D eigenvalue weighted by Crippen LogP contribution is -2.11. The molecule has 2 atom stereocenters. The van der Waals surface area contributed by atoms with Gasteiger partial charge in [-0.1, -0.05) is 233 Å². The van der Waals surface area contributed by atoms with Crippen molar-refractivity contribution in [3.05, 3.63) is 12.1 Å². The second kappa shape index (κ2) is 35.1. The van der Waals surface area contributed by atoms with E-state index in [9.17, 15) is 0 Å². The molecule has 2 aromatic rings. The second-order valence-corrected chi connectivity index (χ2v) is 17.2. The predicted molar refractivity (Wildman–Crippen MR) is 235 cm³/mol. The van der Waals surface area contributed by atoms with Crippen LogP contribution in [0.4, 0.5) is 0 Å². The van der Waals surface area contributed by atoms with E-state index in [4.69, 9.17) is 9.47 Å². The maximum atomic E-state index is 6.66. The Morgan fingerprint density at radius 1 is 0.415 bits per heavy atom. The van der Waals surface area contributed by atoms with Crippen LogP contribution < -0.4 is 9.47 Å². The Bertz CT molecular complexity index is 1060. The van der Waals surface area contributed by atoms with Gasteiger partial charge in [0, 0.05) is 0 Å². The molecule has 0 aliphatic rings. The van der Waals surface area contributed by atoms with Crippen molar-refractivity contribution in [3.8, 4) is 11.5 Å². The summed E-state index contributed by atoms with van der Waals surface area (Å²) in [6.45, 7) is 10.7. The van der Waals surface area contributed by atoms with Gasteiger partial charge in [-0.2, -0.15) is 8.75 Å². The first kappa shape index (κ1) is 47.8. The molecule has 0 amide bonds. The van der Waals surface area contributed by atoms with Gasteiger partial charge in [0.05, 0.1) is 24.9 Å². The number of benzene rings is 1. The van der Waals surface area contributed by atoms with Crippen molar-refractivity contribution in [1.82, 2.24) is 8.75 Å². The van der Waals surface area contributed by atoms with Gasteiger partial charge in [0.2, 0.25) is 0 Å². The molecule has 0 fully saturated rings. The third-order valence-electron chi connectivity index (χ3n) is 11.8. The number of unbranched alkanes of at least 4 members (excludes halogenated alkanes) is 24. The second-order valence-electron chi connectivity index (χ2n) is 16.7. The molecule has 2 unspecified atom stereocenters. The molecule has 308 valence electrons. The molecular weight excluding hydrogens is 669 g/mol. The van der Waals surface area contributed by atoms with Crippen LogP contribution in [0.25, 0.3) is 11.0 Å². The van der Waals surface area contributed by atoms with Crippen molar-refractivity contribution in [3.63, 3.8) is 0 Å². The summed E-state index contributed by atoms with van der Waals surface area (Å²) >= 11 is 1.28. The summed E-state index contributed by atoms with van der Waals surface area (Å²) in [5.74, 6) is 3.20. The SMILES string of the molecule is CCCCCCCCCCC(CCCCCCCC)CCOc1ccc2nsnc2c1OCCC(CCCCCCCC)CCCCCCCCCC.